The molecule has 0 aliphatic carbocycles. The van der Waals surface area contributed by atoms with E-state index >= 15 is 0 Å². The van der Waals surface area contributed by atoms with Gasteiger partial charge in [0, 0.05) is 44.1 Å². The Morgan fingerprint density at radius 2 is 1.75 bits per heavy atom. The summed E-state index contributed by atoms with van der Waals surface area (Å²) in [6.45, 7) is 4.59. The Kier molecular flexibility index (Phi) is 12.4. The van der Waals surface area contributed by atoms with E-state index in [0.717, 1.165) is 62.1 Å². The number of carbonyl (C=O) groups is 2. The van der Waals surface area contributed by atoms with Crippen LogP contribution in [0, 0.1) is 5.92 Å². The molecule has 3 atom stereocenters. The molecule has 3 aliphatic rings. The lowest BCUT2D eigenvalue weighted by atomic mass is 9.85. The number of H-pyrrole nitrogens is 1. The molecule has 3 aromatic carbocycles. The number of rotatable bonds is 17. The minimum absolute atomic E-state index is 0.0343. The van der Waals surface area contributed by atoms with Crippen molar-refractivity contribution in [2.75, 3.05) is 39.3 Å². The number of phenolic OH excluding ortho intramolecular Hbond substituents is 1. The van der Waals surface area contributed by atoms with Crippen molar-refractivity contribution in [2.45, 2.75) is 56.8 Å². The lowest BCUT2D eigenvalue weighted by Gasteiger charge is -2.44. The summed E-state index contributed by atoms with van der Waals surface area (Å²) < 4.78 is 13.9. The van der Waals surface area contributed by atoms with E-state index in [9.17, 15) is 24.6 Å². The number of pyridine rings is 1. The SMILES string of the molecule is Cn1nc(C(=O)NCCCCNC[C@H](O)c2ccc(O)c3[nH]c(=O)ccc23)cc1COc1cccc([C@@H](CC(=O)O[C@H]2CN3CCC2CC3)c2ccccc2)c1. The van der Waals surface area contributed by atoms with Gasteiger partial charge >= 0.3 is 5.97 Å². The van der Waals surface area contributed by atoms with Gasteiger partial charge in [-0.3, -0.25) is 24.0 Å². The van der Waals surface area contributed by atoms with Crippen molar-refractivity contribution in [1.29, 1.82) is 0 Å². The van der Waals surface area contributed by atoms with Crippen LogP contribution in [0.25, 0.3) is 10.9 Å². The van der Waals surface area contributed by atoms with E-state index in [0.29, 0.717) is 46.9 Å². The maximum atomic E-state index is 13.3. The van der Waals surface area contributed by atoms with Crippen LogP contribution in [-0.4, -0.2) is 87.1 Å². The normalized spacial score (nSPS) is 18.7. The van der Waals surface area contributed by atoms with Crippen LogP contribution in [0.2, 0.25) is 0 Å². The molecule has 5 heterocycles. The molecule has 56 heavy (non-hydrogen) atoms. The van der Waals surface area contributed by atoms with Gasteiger partial charge in [0.2, 0.25) is 5.56 Å². The molecule has 0 spiro atoms. The van der Waals surface area contributed by atoms with Crippen molar-refractivity contribution in [3.05, 3.63) is 123 Å². The largest absolute Gasteiger partial charge is 0.506 e. The molecule has 8 rings (SSSR count). The van der Waals surface area contributed by atoms with E-state index in [1.807, 2.05) is 54.6 Å². The Hall–Kier alpha value is -5.50. The highest BCUT2D eigenvalue weighted by molar-refractivity contribution is 5.92. The summed E-state index contributed by atoms with van der Waals surface area (Å²) in [6.07, 6.45) is 3.03. The zero-order chi connectivity index (χ0) is 39.0. The first-order chi connectivity index (χ1) is 27.2. The number of unbranched alkanes of at least 4 members (excludes halogenated alkanes) is 1. The molecule has 5 aromatic rings. The van der Waals surface area contributed by atoms with Crippen molar-refractivity contribution < 1.29 is 29.3 Å². The minimum Gasteiger partial charge on any atom is -0.506 e. The van der Waals surface area contributed by atoms with Crippen molar-refractivity contribution in [3.63, 3.8) is 0 Å². The number of nitrogens with one attached hydrogen (secondary N) is 3. The third-order valence-electron chi connectivity index (χ3n) is 11.0. The molecule has 5 N–H and O–H groups in total. The van der Waals surface area contributed by atoms with Crippen molar-refractivity contribution in [1.82, 2.24) is 30.3 Å². The molecule has 0 radical (unpaired) electrons. The number of aryl methyl sites for hydroxylation is 1. The van der Waals surface area contributed by atoms with Gasteiger partial charge in [0.25, 0.3) is 5.91 Å². The van der Waals surface area contributed by atoms with Crippen molar-refractivity contribution in [3.8, 4) is 11.5 Å². The van der Waals surface area contributed by atoms with Crippen LogP contribution in [-0.2, 0) is 23.2 Å². The van der Waals surface area contributed by atoms with E-state index in [1.165, 1.54) is 12.1 Å². The van der Waals surface area contributed by atoms with Crippen LogP contribution in [0.4, 0.5) is 0 Å². The Balaban J connectivity index is 0.867. The molecule has 13 heteroatoms. The quantitative estimate of drug-likeness (QED) is 0.0670. The van der Waals surface area contributed by atoms with Gasteiger partial charge < -0.3 is 35.3 Å². The van der Waals surface area contributed by atoms with E-state index in [1.54, 1.807) is 29.9 Å². The fourth-order valence-electron chi connectivity index (χ4n) is 7.84. The number of piperidine rings is 3. The summed E-state index contributed by atoms with van der Waals surface area (Å²) in [6, 6.07) is 25.6. The first-order valence-corrected chi connectivity index (χ1v) is 19.5. The van der Waals surface area contributed by atoms with Gasteiger partial charge in [-0.05, 0) is 98.3 Å². The number of hydrogen-bond acceptors (Lipinski definition) is 10. The van der Waals surface area contributed by atoms with Crippen LogP contribution < -0.4 is 20.9 Å². The monoisotopic (exact) mass is 762 g/mol. The highest BCUT2D eigenvalue weighted by Crippen LogP contribution is 2.34. The van der Waals surface area contributed by atoms with Gasteiger partial charge in [0.1, 0.15) is 24.2 Å². The number of aromatic hydroxyl groups is 1. The van der Waals surface area contributed by atoms with Crippen LogP contribution in [0.3, 0.4) is 0 Å². The average molecular weight is 763 g/mol. The van der Waals surface area contributed by atoms with Crippen molar-refractivity contribution >= 4 is 22.8 Å². The molecule has 3 aliphatic heterocycles. The molecule has 1 amide bonds. The fourth-order valence-corrected chi connectivity index (χ4v) is 7.84. The maximum Gasteiger partial charge on any atom is 0.307 e. The third kappa shape index (κ3) is 9.47. The van der Waals surface area contributed by atoms with Gasteiger partial charge in [0.05, 0.1) is 23.7 Å². The van der Waals surface area contributed by atoms with E-state index in [4.69, 9.17) is 9.47 Å². The standard InChI is InChI=1S/C43H50N6O7/c1-48-31(23-36(47-48)43(54)45-19-6-5-18-44-25-38(51)33-12-14-37(50)42-34(33)13-15-40(52)46-42)27-55-32-11-7-10-30(22-32)35(28-8-3-2-4-9-28)24-41(53)56-39-26-49-20-16-29(39)17-21-49/h2-4,7-15,22-23,29,35,38-39,44,50-51H,5-6,16-21,24-27H2,1H3,(H,45,54)(H,46,52)/t35-,38-,39-/m0/s1. The summed E-state index contributed by atoms with van der Waals surface area (Å²) in [5.74, 6) is 0.402. The summed E-state index contributed by atoms with van der Waals surface area (Å²) in [5.41, 5.74) is 3.60. The molecule has 3 fully saturated rings. The molecule has 0 saturated carbocycles. The molecule has 3 saturated heterocycles. The third-order valence-corrected chi connectivity index (χ3v) is 11.0. The van der Waals surface area contributed by atoms with Crippen LogP contribution in [0.5, 0.6) is 11.5 Å². The number of amides is 1. The Labute approximate surface area is 325 Å². The second kappa shape index (κ2) is 18.0. The van der Waals surface area contributed by atoms with E-state index < -0.39 is 6.10 Å². The average Bonchev–Trinajstić information content (AvgIpc) is 3.60. The first kappa shape index (κ1) is 38.8. The topological polar surface area (TPSA) is 171 Å². The summed E-state index contributed by atoms with van der Waals surface area (Å²) in [4.78, 5) is 42.9. The zero-order valence-electron chi connectivity index (χ0n) is 31.7. The Morgan fingerprint density at radius 3 is 2.54 bits per heavy atom. The van der Waals surface area contributed by atoms with Gasteiger partial charge in [-0.2, -0.15) is 5.10 Å². The number of fused-ring (bicyclic) bond motifs is 4. The highest BCUT2D eigenvalue weighted by Gasteiger charge is 2.37. The van der Waals surface area contributed by atoms with Gasteiger partial charge in [0.15, 0.2) is 5.69 Å². The predicted octanol–water partition coefficient (Wildman–Crippen LogP) is 4.54. The van der Waals surface area contributed by atoms with Crippen LogP contribution in [0.15, 0.2) is 89.7 Å². The molecule has 13 nitrogen and oxygen atoms in total. The Bertz CT molecular complexity index is 2180. The fraction of sp³-hybridized carbons (Fsp3) is 0.395. The number of hydrogen-bond donors (Lipinski definition) is 5. The number of nitrogens with zero attached hydrogens (tertiary/aromatic N) is 3. The molecule has 2 aromatic heterocycles. The molecule has 0 unspecified atom stereocenters. The number of esters is 1. The molecule has 2 bridgehead atoms. The van der Waals surface area contributed by atoms with Gasteiger partial charge in [-0.1, -0.05) is 48.5 Å². The summed E-state index contributed by atoms with van der Waals surface area (Å²) in [5, 5.41) is 32.0. The summed E-state index contributed by atoms with van der Waals surface area (Å²) >= 11 is 0. The zero-order valence-corrected chi connectivity index (χ0v) is 31.7. The number of phenols is 1. The number of aliphatic hydroxyl groups excluding tert-OH is 1. The maximum absolute atomic E-state index is 13.3. The summed E-state index contributed by atoms with van der Waals surface area (Å²) in [7, 11) is 1.78. The lowest BCUT2D eigenvalue weighted by molar-refractivity contribution is -0.159. The molecular formula is C43H50N6O7. The second-order valence-electron chi connectivity index (χ2n) is 14.8. The smallest absolute Gasteiger partial charge is 0.307 e. The van der Waals surface area contributed by atoms with Crippen LogP contribution >= 0.6 is 0 Å². The number of aromatic nitrogens is 3. The predicted molar refractivity (Wildman–Crippen MR) is 212 cm³/mol. The van der Waals surface area contributed by atoms with E-state index in [2.05, 4.69) is 25.6 Å². The van der Waals surface area contributed by atoms with Gasteiger partial charge in [-0.15, -0.1) is 0 Å². The Morgan fingerprint density at radius 1 is 0.964 bits per heavy atom. The number of benzene rings is 3. The second-order valence-corrected chi connectivity index (χ2v) is 14.8. The van der Waals surface area contributed by atoms with E-state index in [-0.39, 0.29) is 54.8 Å². The number of ether oxygens (including phenoxy) is 2. The number of aromatic amines is 1. The van der Waals surface area contributed by atoms with Crippen LogP contribution in [0.1, 0.15) is 77.0 Å². The first-order valence-electron chi connectivity index (χ1n) is 19.5. The molecule has 294 valence electrons. The highest BCUT2D eigenvalue weighted by atomic mass is 16.5. The number of aliphatic hydroxyl groups is 1. The molecular weight excluding hydrogens is 713 g/mol. The minimum atomic E-state index is -0.837. The lowest BCUT2D eigenvalue weighted by Crippen LogP contribution is -2.52. The number of carbonyl (C=O) groups excluding carboxylic acids is 2. The van der Waals surface area contributed by atoms with Crippen molar-refractivity contribution in [2.24, 2.45) is 13.0 Å². The van der Waals surface area contributed by atoms with Gasteiger partial charge in [-0.25, -0.2) is 0 Å².